The molecule has 0 radical (unpaired) electrons. The van der Waals surface area contributed by atoms with Gasteiger partial charge in [0.1, 0.15) is 5.75 Å². The monoisotopic (exact) mass is 318 g/mol. The lowest BCUT2D eigenvalue weighted by Crippen LogP contribution is -2.53. The van der Waals surface area contributed by atoms with E-state index in [-0.39, 0.29) is 0 Å². The number of para-hydroxylation sites is 1. The third-order valence-corrected chi connectivity index (χ3v) is 4.86. The standard InChI is InChI=1S/C18H22O5/c1-17(2)22-15(19)14(16(20)23-17)18(10-6-7-11-18)12-8-4-5-9-13(12)21-3/h4-5,8-9,14H,6-7,10-11H2,1-3H3. The first-order valence-corrected chi connectivity index (χ1v) is 7.99. The van der Waals surface area contributed by atoms with E-state index in [1.165, 1.54) is 0 Å². The minimum Gasteiger partial charge on any atom is -0.496 e. The molecule has 1 aliphatic heterocycles. The second-order valence-electron chi connectivity index (χ2n) is 6.74. The van der Waals surface area contributed by atoms with Crippen molar-refractivity contribution in [1.82, 2.24) is 0 Å². The van der Waals surface area contributed by atoms with Crippen molar-refractivity contribution in [3.05, 3.63) is 29.8 Å². The van der Waals surface area contributed by atoms with Gasteiger partial charge in [-0.05, 0) is 18.9 Å². The third kappa shape index (κ3) is 2.58. The summed E-state index contributed by atoms with van der Waals surface area (Å²) in [4.78, 5) is 25.2. The number of cyclic esters (lactones) is 2. The van der Waals surface area contributed by atoms with Crippen molar-refractivity contribution in [2.75, 3.05) is 7.11 Å². The highest BCUT2D eigenvalue weighted by molar-refractivity contribution is 5.98. The van der Waals surface area contributed by atoms with E-state index >= 15 is 0 Å². The van der Waals surface area contributed by atoms with Crippen molar-refractivity contribution in [2.45, 2.75) is 50.7 Å². The quantitative estimate of drug-likeness (QED) is 0.633. The van der Waals surface area contributed by atoms with Gasteiger partial charge in [-0.25, -0.2) is 0 Å². The Morgan fingerprint density at radius 1 is 1.04 bits per heavy atom. The van der Waals surface area contributed by atoms with Gasteiger partial charge in [-0.2, -0.15) is 0 Å². The maximum Gasteiger partial charge on any atom is 0.324 e. The number of hydrogen-bond donors (Lipinski definition) is 0. The van der Waals surface area contributed by atoms with Gasteiger partial charge in [-0.3, -0.25) is 9.59 Å². The molecule has 2 fully saturated rings. The van der Waals surface area contributed by atoms with Crippen LogP contribution in [0.1, 0.15) is 45.1 Å². The molecular weight excluding hydrogens is 296 g/mol. The van der Waals surface area contributed by atoms with Crippen LogP contribution in [0, 0.1) is 5.92 Å². The number of benzene rings is 1. The lowest BCUT2D eigenvalue weighted by atomic mass is 9.68. The molecule has 1 saturated carbocycles. The third-order valence-electron chi connectivity index (χ3n) is 4.86. The second-order valence-corrected chi connectivity index (χ2v) is 6.74. The van der Waals surface area contributed by atoms with E-state index < -0.39 is 29.1 Å². The van der Waals surface area contributed by atoms with E-state index in [1.807, 2.05) is 24.3 Å². The predicted molar refractivity (Wildman–Crippen MR) is 82.9 cm³/mol. The van der Waals surface area contributed by atoms with Crippen molar-refractivity contribution < 1.29 is 23.8 Å². The Labute approximate surface area is 135 Å². The Morgan fingerprint density at radius 3 is 2.17 bits per heavy atom. The number of esters is 2. The molecule has 0 spiro atoms. The highest BCUT2D eigenvalue weighted by Gasteiger charge is 2.57. The van der Waals surface area contributed by atoms with Crippen LogP contribution in [-0.4, -0.2) is 24.8 Å². The molecule has 5 heteroatoms. The molecule has 0 N–H and O–H groups in total. The lowest BCUT2D eigenvalue weighted by molar-refractivity contribution is -0.243. The molecule has 0 atom stereocenters. The highest BCUT2D eigenvalue weighted by atomic mass is 16.7. The maximum atomic E-state index is 12.6. The summed E-state index contributed by atoms with van der Waals surface area (Å²) in [5.74, 6) is -2.45. The molecular formula is C18H22O5. The molecule has 1 aliphatic carbocycles. The van der Waals surface area contributed by atoms with Gasteiger partial charge >= 0.3 is 11.9 Å². The van der Waals surface area contributed by atoms with Crippen LogP contribution in [0.3, 0.4) is 0 Å². The summed E-state index contributed by atoms with van der Waals surface area (Å²) < 4.78 is 16.2. The Morgan fingerprint density at radius 2 is 1.61 bits per heavy atom. The predicted octanol–water partition coefficient (Wildman–Crippen LogP) is 2.96. The summed E-state index contributed by atoms with van der Waals surface area (Å²) in [6.45, 7) is 3.15. The molecule has 1 heterocycles. The average molecular weight is 318 g/mol. The molecule has 0 bridgehead atoms. The number of ether oxygens (including phenoxy) is 3. The number of carbonyl (C=O) groups excluding carboxylic acids is 2. The SMILES string of the molecule is COc1ccccc1C1(C2C(=O)OC(C)(C)OC2=O)CCCC1. The van der Waals surface area contributed by atoms with Gasteiger partial charge in [-0.15, -0.1) is 0 Å². The summed E-state index contributed by atoms with van der Waals surface area (Å²) in [6, 6.07) is 7.58. The molecule has 1 aromatic carbocycles. The van der Waals surface area contributed by atoms with Crippen LogP contribution >= 0.6 is 0 Å². The molecule has 3 rings (SSSR count). The lowest BCUT2D eigenvalue weighted by Gasteiger charge is -2.41. The van der Waals surface area contributed by atoms with Crippen molar-refractivity contribution in [3.8, 4) is 5.75 Å². The molecule has 0 unspecified atom stereocenters. The van der Waals surface area contributed by atoms with Crippen LogP contribution < -0.4 is 4.74 Å². The van der Waals surface area contributed by atoms with E-state index in [0.717, 1.165) is 31.2 Å². The Balaban J connectivity index is 2.08. The zero-order chi connectivity index (χ0) is 16.7. The minimum absolute atomic E-state index is 0.501. The first kappa shape index (κ1) is 15.8. The van der Waals surface area contributed by atoms with Crippen LogP contribution in [-0.2, 0) is 24.5 Å². The van der Waals surface area contributed by atoms with Crippen molar-refractivity contribution in [3.63, 3.8) is 0 Å². The van der Waals surface area contributed by atoms with Gasteiger partial charge in [0, 0.05) is 24.8 Å². The fraction of sp³-hybridized carbons (Fsp3) is 0.556. The first-order chi connectivity index (χ1) is 10.9. The van der Waals surface area contributed by atoms with Crippen LogP contribution in [0.5, 0.6) is 5.75 Å². The molecule has 1 saturated heterocycles. The highest BCUT2D eigenvalue weighted by Crippen LogP contribution is 2.51. The fourth-order valence-corrected chi connectivity index (χ4v) is 3.95. The molecule has 0 amide bonds. The average Bonchev–Trinajstić information content (AvgIpc) is 2.95. The zero-order valence-corrected chi connectivity index (χ0v) is 13.8. The normalized spacial score (nSPS) is 23.3. The molecule has 2 aliphatic rings. The Hall–Kier alpha value is -2.04. The largest absolute Gasteiger partial charge is 0.496 e. The van der Waals surface area contributed by atoms with Crippen LogP contribution in [0.4, 0.5) is 0 Å². The molecule has 0 aromatic heterocycles. The van der Waals surface area contributed by atoms with E-state index in [1.54, 1.807) is 21.0 Å². The maximum absolute atomic E-state index is 12.6. The van der Waals surface area contributed by atoms with E-state index in [9.17, 15) is 9.59 Å². The summed E-state index contributed by atoms with van der Waals surface area (Å²) in [7, 11) is 1.60. The summed E-state index contributed by atoms with van der Waals surface area (Å²) in [5, 5.41) is 0. The van der Waals surface area contributed by atoms with Crippen LogP contribution in [0.2, 0.25) is 0 Å². The van der Waals surface area contributed by atoms with Crippen LogP contribution in [0.15, 0.2) is 24.3 Å². The summed E-state index contributed by atoms with van der Waals surface area (Å²) >= 11 is 0. The second kappa shape index (κ2) is 5.55. The number of hydrogen-bond acceptors (Lipinski definition) is 5. The Bertz CT molecular complexity index is 608. The summed E-state index contributed by atoms with van der Waals surface area (Å²) in [5.41, 5.74) is 0.274. The molecule has 23 heavy (non-hydrogen) atoms. The van der Waals surface area contributed by atoms with Crippen molar-refractivity contribution in [1.29, 1.82) is 0 Å². The number of carbonyl (C=O) groups is 2. The Kier molecular flexibility index (Phi) is 3.82. The van der Waals surface area contributed by atoms with Gasteiger partial charge in [0.15, 0.2) is 5.92 Å². The van der Waals surface area contributed by atoms with Gasteiger partial charge in [0.2, 0.25) is 0 Å². The summed E-state index contributed by atoms with van der Waals surface area (Å²) in [6.07, 6.45) is 3.39. The minimum atomic E-state index is -1.20. The van der Waals surface area contributed by atoms with E-state index in [4.69, 9.17) is 14.2 Å². The van der Waals surface area contributed by atoms with Crippen molar-refractivity contribution in [2.24, 2.45) is 5.92 Å². The van der Waals surface area contributed by atoms with Crippen LogP contribution in [0.25, 0.3) is 0 Å². The van der Waals surface area contributed by atoms with Gasteiger partial charge in [0.25, 0.3) is 5.79 Å². The van der Waals surface area contributed by atoms with Gasteiger partial charge < -0.3 is 14.2 Å². The zero-order valence-electron chi connectivity index (χ0n) is 13.8. The van der Waals surface area contributed by atoms with Gasteiger partial charge in [-0.1, -0.05) is 31.0 Å². The first-order valence-electron chi connectivity index (χ1n) is 7.99. The smallest absolute Gasteiger partial charge is 0.324 e. The number of methoxy groups -OCH3 is 1. The molecule has 1 aromatic rings. The molecule has 124 valence electrons. The van der Waals surface area contributed by atoms with E-state index in [2.05, 4.69) is 0 Å². The fourth-order valence-electron chi connectivity index (χ4n) is 3.95. The number of rotatable bonds is 3. The topological polar surface area (TPSA) is 61.8 Å². The molecule has 5 nitrogen and oxygen atoms in total. The van der Waals surface area contributed by atoms with E-state index in [0.29, 0.717) is 5.75 Å². The van der Waals surface area contributed by atoms with Crippen molar-refractivity contribution >= 4 is 11.9 Å². The van der Waals surface area contributed by atoms with Gasteiger partial charge in [0.05, 0.1) is 7.11 Å².